The van der Waals surface area contributed by atoms with E-state index in [4.69, 9.17) is 4.42 Å². The lowest BCUT2D eigenvalue weighted by atomic mass is 10.4. The van der Waals surface area contributed by atoms with Crippen LogP contribution < -0.4 is 5.76 Å². The van der Waals surface area contributed by atoms with Crippen LogP contribution in [0.5, 0.6) is 0 Å². The van der Waals surface area contributed by atoms with Crippen LogP contribution in [0.15, 0.2) is 27.5 Å². The SMILES string of the molecule is Cc1nc(Cn2c(=O)oc3cccnc32)sc1C. The summed E-state index contributed by atoms with van der Waals surface area (Å²) in [6.45, 7) is 4.39. The molecule has 0 saturated carbocycles. The highest BCUT2D eigenvalue weighted by Crippen LogP contribution is 2.18. The Morgan fingerprint density at radius 3 is 3.00 bits per heavy atom. The molecular formula is C12H11N3O2S. The van der Waals surface area contributed by atoms with Crippen LogP contribution in [0.1, 0.15) is 15.6 Å². The average Bonchev–Trinajstić information content (AvgIpc) is 2.82. The summed E-state index contributed by atoms with van der Waals surface area (Å²) in [5.74, 6) is -0.394. The summed E-state index contributed by atoms with van der Waals surface area (Å²) in [7, 11) is 0. The molecule has 0 unspecified atom stereocenters. The topological polar surface area (TPSA) is 60.9 Å². The van der Waals surface area contributed by atoms with Crippen LogP contribution in [0.2, 0.25) is 0 Å². The van der Waals surface area contributed by atoms with Crippen LogP contribution in [0.4, 0.5) is 0 Å². The first-order chi connectivity index (χ1) is 8.65. The van der Waals surface area contributed by atoms with E-state index >= 15 is 0 Å². The van der Waals surface area contributed by atoms with Crippen molar-refractivity contribution in [3.05, 3.63) is 44.5 Å². The largest absolute Gasteiger partial charge is 0.421 e. The fraction of sp³-hybridized carbons (Fsp3) is 0.250. The van der Waals surface area contributed by atoms with Crippen molar-refractivity contribution in [2.24, 2.45) is 0 Å². The third-order valence-electron chi connectivity index (χ3n) is 2.79. The standard InChI is InChI=1S/C12H11N3O2S/c1-7-8(2)18-10(14-7)6-15-11-9(17-12(15)16)4-3-5-13-11/h3-5H,6H2,1-2H3. The van der Waals surface area contributed by atoms with E-state index < -0.39 is 5.76 Å². The lowest BCUT2D eigenvalue weighted by molar-refractivity contribution is 0.517. The Hall–Kier alpha value is -1.95. The molecule has 92 valence electrons. The van der Waals surface area contributed by atoms with Gasteiger partial charge in [-0.3, -0.25) is 4.57 Å². The molecule has 0 spiro atoms. The Kier molecular flexibility index (Phi) is 2.52. The molecule has 5 nitrogen and oxygen atoms in total. The van der Waals surface area contributed by atoms with Gasteiger partial charge in [0.1, 0.15) is 5.01 Å². The third kappa shape index (κ3) is 1.74. The van der Waals surface area contributed by atoms with Crippen molar-refractivity contribution in [1.82, 2.24) is 14.5 Å². The van der Waals surface area contributed by atoms with Gasteiger partial charge in [0, 0.05) is 11.1 Å². The van der Waals surface area contributed by atoms with Gasteiger partial charge in [-0.2, -0.15) is 0 Å². The number of hydrogen-bond acceptors (Lipinski definition) is 5. The Labute approximate surface area is 107 Å². The second-order valence-electron chi connectivity index (χ2n) is 4.03. The Bertz CT molecular complexity index is 750. The van der Waals surface area contributed by atoms with Gasteiger partial charge in [-0.05, 0) is 26.0 Å². The number of aromatic nitrogens is 3. The van der Waals surface area contributed by atoms with E-state index in [1.54, 1.807) is 29.7 Å². The molecule has 0 aliphatic heterocycles. The molecule has 3 aromatic rings. The number of oxazole rings is 1. The summed E-state index contributed by atoms with van der Waals surface area (Å²) >= 11 is 1.59. The van der Waals surface area contributed by atoms with E-state index in [1.807, 2.05) is 13.8 Å². The number of thiazole rings is 1. The van der Waals surface area contributed by atoms with Gasteiger partial charge in [0.2, 0.25) is 0 Å². The molecular weight excluding hydrogens is 250 g/mol. The maximum absolute atomic E-state index is 11.8. The van der Waals surface area contributed by atoms with E-state index in [1.165, 1.54) is 9.44 Å². The first-order valence-corrected chi connectivity index (χ1v) is 6.34. The normalized spacial score (nSPS) is 11.2. The number of nitrogens with zero attached hydrogens (tertiary/aromatic N) is 3. The zero-order valence-corrected chi connectivity index (χ0v) is 10.8. The minimum Gasteiger partial charge on any atom is -0.406 e. The highest BCUT2D eigenvalue weighted by atomic mass is 32.1. The molecule has 6 heteroatoms. The van der Waals surface area contributed by atoms with Gasteiger partial charge < -0.3 is 4.42 Å². The smallest absolute Gasteiger partial charge is 0.406 e. The summed E-state index contributed by atoms with van der Waals surface area (Å²) in [5, 5.41) is 0.889. The van der Waals surface area contributed by atoms with Crippen molar-refractivity contribution < 1.29 is 4.42 Å². The zero-order chi connectivity index (χ0) is 12.7. The van der Waals surface area contributed by atoms with Crippen LogP contribution in [-0.2, 0) is 6.54 Å². The van der Waals surface area contributed by atoms with E-state index in [2.05, 4.69) is 9.97 Å². The molecule has 3 aromatic heterocycles. The quantitative estimate of drug-likeness (QED) is 0.709. The summed E-state index contributed by atoms with van der Waals surface area (Å²) in [5.41, 5.74) is 2.07. The molecule has 0 amide bonds. The lowest BCUT2D eigenvalue weighted by Gasteiger charge is -1.96. The molecule has 0 aliphatic carbocycles. The summed E-state index contributed by atoms with van der Waals surface area (Å²) in [6, 6.07) is 3.48. The van der Waals surface area contributed by atoms with Crippen molar-refractivity contribution in [2.75, 3.05) is 0 Å². The summed E-state index contributed by atoms with van der Waals surface area (Å²) in [4.78, 5) is 21.5. The first kappa shape index (κ1) is 11.2. The first-order valence-electron chi connectivity index (χ1n) is 5.52. The number of hydrogen-bond donors (Lipinski definition) is 0. The molecule has 3 rings (SSSR count). The Balaban J connectivity index is 2.09. The highest BCUT2D eigenvalue weighted by molar-refractivity contribution is 7.11. The van der Waals surface area contributed by atoms with E-state index in [9.17, 15) is 4.79 Å². The number of fused-ring (bicyclic) bond motifs is 1. The lowest BCUT2D eigenvalue weighted by Crippen LogP contribution is -2.15. The fourth-order valence-electron chi connectivity index (χ4n) is 1.78. The Morgan fingerprint density at radius 2 is 2.28 bits per heavy atom. The predicted octanol–water partition coefficient (Wildman–Crippen LogP) is 2.11. The van der Waals surface area contributed by atoms with Crippen molar-refractivity contribution in [1.29, 1.82) is 0 Å². The van der Waals surface area contributed by atoms with Crippen molar-refractivity contribution >= 4 is 22.6 Å². The highest BCUT2D eigenvalue weighted by Gasteiger charge is 2.12. The van der Waals surface area contributed by atoms with Crippen LogP contribution in [-0.4, -0.2) is 14.5 Å². The third-order valence-corrected chi connectivity index (χ3v) is 3.85. The molecule has 0 aliphatic rings. The van der Waals surface area contributed by atoms with Crippen LogP contribution in [0, 0.1) is 13.8 Å². The number of pyridine rings is 1. The van der Waals surface area contributed by atoms with Gasteiger partial charge >= 0.3 is 5.76 Å². The van der Waals surface area contributed by atoms with Crippen molar-refractivity contribution in [3.63, 3.8) is 0 Å². The van der Waals surface area contributed by atoms with E-state index in [0.29, 0.717) is 17.8 Å². The van der Waals surface area contributed by atoms with Crippen LogP contribution in [0.3, 0.4) is 0 Å². The van der Waals surface area contributed by atoms with Crippen LogP contribution in [0.25, 0.3) is 11.2 Å². The molecule has 18 heavy (non-hydrogen) atoms. The van der Waals surface area contributed by atoms with Gasteiger partial charge in [0.15, 0.2) is 11.2 Å². The molecule has 0 radical (unpaired) electrons. The van der Waals surface area contributed by atoms with Gasteiger partial charge in [-0.1, -0.05) is 0 Å². The zero-order valence-electron chi connectivity index (χ0n) is 10.0. The maximum atomic E-state index is 11.8. The summed E-state index contributed by atoms with van der Waals surface area (Å²) < 4.78 is 6.64. The molecule has 0 saturated heterocycles. The minimum atomic E-state index is -0.394. The van der Waals surface area contributed by atoms with Gasteiger partial charge in [-0.15, -0.1) is 11.3 Å². The fourth-order valence-corrected chi connectivity index (χ4v) is 2.70. The maximum Gasteiger partial charge on any atom is 0.421 e. The predicted molar refractivity (Wildman–Crippen MR) is 69.0 cm³/mol. The monoisotopic (exact) mass is 261 g/mol. The van der Waals surface area contributed by atoms with Gasteiger partial charge in [0.05, 0.1) is 12.2 Å². The molecule has 0 fully saturated rings. The van der Waals surface area contributed by atoms with Gasteiger partial charge in [-0.25, -0.2) is 14.8 Å². The average molecular weight is 261 g/mol. The molecule has 0 bridgehead atoms. The second kappa shape index (κ2) is 4.06. The van der Waals surface area contributed by atoms with E-state index in [0.717, 1.165) is 10.7 Å². The molecule has 0 N–H and O–H groups in total. The summed E-state index contributed by atoms with van der Waals surface area (Å²) in [6.07, 6.45) is 1.64. The second-order valence-corrected chi connectivity index (χ2v) is 5.32. The number of rotatable bonds is 2. The molecule has 3 heterocycles. The Morgan fingerprint density at radius 1 is 1.44 bits per heavy atom. The van der Waals surface area contributed by atoms with E-state index in [-0.39, 0.29) is 0 Å². The van der Waals surface area contributed by atoms with Crippen LogP contribution >= 0.6 is 11.3 Å². The van der Waals surface area contributed by atoms with Crippen molar-refractivity contribution in [3.8, 4) is 0 Å². The number of aryl methyl sites for hydroxylation is 2. The molecule has 0 atom stereocenters. The van der Waals surface area contributed by atoms with Crippen molar-refractivity contribution in [2.45, 2.75) is 20.4 Å². The minimum absolute atomic E-state index is 0.394. The molecule has 0 aromatic carbocycles. The van der Waals surface area contributed by atoms with Gasteiger partial charge in [0.25, 0.3) is 0 Å².